The maximum atomic E-state index is 12.0. The van der Waals surface area contributed by atoms with Crippen LogP contribution in [0.1, 0.15) is 27.2 Å². The van der Waals surface area contributed by atoms with Crippen LogP contribution in [0, 0.1) is 5.92 Å². The number of hydrogen-bond acceptors (Lipinski definition) is 3. The minimum Gasteiger partial charge on any atom is -0.242 e. The quantitative estimate of drug-likeness (QED) is 0.850. The molecule has 0 aliphatic heterocycles. The summed E-state index contributed by atoms with van der Waals surface area (Å²) >= 11 is 11.4. The second-order valence-electron chi connectivity index (χ2n) is 4.60. The van der Waals surface area contributed by atoms with Crippen LogP contribution in [0.3, 0.4) is 0 Å². The zero-order valence-electron chi connectivity index (χ0n) is 10.4. The molecule has 1 unspecified atom stereocenters. The van der Waals surface area contributed by atoms with E-state index in [2.05, 4.69) is 9.71 Å². The van der Waals surface area contributed by atoms with Crippen molar-refractivity contribution in [2.24, 2.45) is 5.92 Å². The number of hydrogen-bond donors (Lipinski definition) is 1. The minimum atomic E-state index is -3.60. The third kappa shape index (κ3) is 4.39. The first-order chi connectivity index (χ1) is 8.22. The average molecular weight is 311 g/mol. The molecule has 0 spiro atoms. The van der Waals surface area contributed by atoms with Crippen molar-refractivity contribution in [3.05, 3.63) is 22.4 Å². The molecule has 0 aromatic carbocycles. The fourth-order valence-corrected chi connectivity index (χ4v) is 3.20. The van der Waals surface area contributed by atoms with Crippen molar-refractivity contribution in [3.8, 4) is 0 Å². The number of nitrogens with one attached hydrogen (secondary N) is 1. The van der Waals surface area contributed by atoms with E-state index in [9.17, 15) is 8.42 Å². The first-order valence-corrected chi connectivity index (χ1v) is 7.79. The van der Waals surface area contributed by atoms with Crippen LogP contribution < -0.4 is 4.72 Å². The van der Waals surface area contributed by atoms with Crippen molar-refractivity contribution < 1.29 is 8.42 Å². The van der Waals surface area contributed by atoms with Gasteiger partial charge in [-0.05, 0) is 25.3 Å². The highest BCUT2D eigenvalue weighted by Gasteiger charge is 2.19. The maximum Gasteiger partial charge on any atom is 0.242 e. The van der Waals surface area contributed by atoms with E-state index >= 15 is 0 Å². The number of pyridine rings is 1. The van der Waals surface area contributed by atoms with Crippen LogP contribution in [0.2, 0.25) is 10.2 Å². The Bertz CT molecular complexity index is 518. The average Bonchev–Trinajstić information content (AvgIpc) is 2.19. The van der Waals surface area contributed by atoms with Crippen molar-refractivity contribution in [2.45, 2.75) is 38.1 Å². The highest BCUT2D eigenvalue weighted by Crippen LogP contribution is 2.22. The van der Waals surface area contributed by atoms with E-state index in [1.54, 1.807) is 0 Å². The van der Waals surface area contributed by atoms with Gasteiger partial charge in [0.25, 0.3) is 0 Å². The van der Waals surface area contributed by atoms with Crippen LogP contribution >= 0.6 is 23.2 Å². The molecule has 7 heteroatoms. The molecule has 102 valence electrons. The minimum absolute atomic E-state index is 0.0208. The van der Waals surface area contributed by atoms with Gasteiger partial charge in [-0.2, -0.15) is 0 Å². The van der Waals surface area contributed by atoms with E-state index in [1.807, 2.05) is 20.8 Å². The van der Waals surface area contributed by atoms with E-state index < -0.39 is 10.0 Å². The first-order valence-electron chi connectivity index (χ1n) is 5.55. The van der Waals surface area contributed by atoms with Crippen LogP contribution in [-0.2, 0) is 10.0 Å². The maximum absolute atomic E-state index is 12.0. The van der Waals surface area contributed by atoms with Gasteiger partial charge in [0, 0.05) is 12.2 Å². The molecule has 0 aliphatic carbocycles. The molecule has 0 bridgehead atoms. The second kappa shape index (κ2) is 6.19. The molecular weight excluding hydrogens is 295 g/mol. The smallest absolute Gasteiger partial charge is 0.242 e. The van der Waals surface area contributed by atoms with E-state index in [-0.39, 0.29) is 21.1 Å². The second-order valence-corrected chi connectivity index (χ2v) is 7.07. The van der Waals surface area contributed by atoms with Gasteiger partial charge in [-0.3, -0.25) is 0 Å². The SMILES string of the molecule is CC(C)CC(C)NS(=O)(=O)c1cnc(Cl)c(Cl)c1. The number of sulfonamides is 1. The van der Waals surface area contributed by atoms with E-state index in [0.29, 0.717) is 5.92 Å². The van der Waals surface area contributed by atoms with Gasteiger partial charge in [0.15, 0.2) is 0 Å². The molecule has 0 saturated heterocycles. The lowest BCUT2D eigenvalue weighted by Gasteiger charge is -2.16. The fraction of sp³-hybridized carbons (Fsp3) is 0.545. The van der Waals surface area contributed by atoms with E-state index in [1.165, 1.54) is 12.3 Å². The predicted octanol–water partition coefficient (Wildman–Crippen LogP) is 3.10. The molecule has 1 aromatic heterocycles. The van der Waals surface area contributed by atoms with Crippen molar-refractivity contribution in [2.75, 3.05) is 0 Å². The van der Waals surface area contributed by atoms with Crippen molar-refractivity contribution >= 4 is 33.2 Å². The van der Waals surface area contributed by atoms with Crippen molar-refractivity contribution in [1.29, 1.82) is 0 Å². The molecular formula is C11H16Cl2N2O2S. The first kappa shape index (κ1) is 15.7. The van der Waals surface area contributed by atoms with Gasteiger partial charge in [-0.1, -0.05) is 37.0 Å². The van der Waals surface area contributed by atoms with Gasteiger partial charge in [0.2, 0.25) is 10.0 Å². The Balaban J connectivity index is 2.89. The Morgan fingerprint density at radius 3 is 2.44 bits per heavy atom. The topological polar surface area (TPSA) is 59.1 Å². The monoisotopic (exact) mass is 310 g/mol. The summed E-state index contributed by atoms with van der Waals surface area (Å²) in [5, 5.41) is 0.210. The van der Waals surface area contributed by atoms with Gasteiger partial charge in [0.05, 0.1) is 5.02 Å². The molecule has 0 saturated carbocycles. The summed E-state index contributed by atoms with van der Waals surface area (Å²) in [6.07, 6.45) is 1.95. The van der Waals surface area contributed by atoms with Crippen LogP contribution in [0.25, 0.3) is 0 Å². The number of halogens is 2. The fourth-order valence-electron chi connectivity index (χ4n) is 1.64. The van der Waals surface area contributed by atoms with E-state index in [0.717, 1.165) is 6.42 Å². The number of nitrogens with zero attached hydrogens (tertiary/aromatic N) is 1. The Kier molecular flexibility index (Phi) is 5.40. The van der Waals surface area contributed by atoms with E-state index in [4.69, 9.17) is 23.2 Å². The van der Waals surface area contributed by atoms with Crippen LogP contribution in [0.15, 0.2) is 17.2 Å². The Labute approximate surface area is 118 Å². The van der Waals surface area contributed by atoms with Gasteiger partial charge < -0.3 is 0 Å². The summed E-state index contributed by atoms with van der Waals surface area (Å²) in [6, 6.07) is 1.14. The molecule has 4 nitrogen and oxygen atoms in total. The van der Waals surface area contributed by atoms with Crippen molar-refractivity contribution in [3.63, 3.8) is 0 Å². The standard InChI is InChI=1S/C11H16Cl2N2O2S/c1-7(2)4-8(3)15-18(16,17)9-5-10(12)11(13)14-6-9/h5-8,15H,4H2,1-3H3. The normalized spacial score (nSPS) is 13.9. The lowest BCUT2D eigenvalue weighted by molar-refractivity contribution is 0.482. The highest BCUT2D eigenvalue weighted by atomic mass is 35.5. The molecule has 0 amide bonds. The molecule has 0 radical (unpaired) electrons. The summed E-state index contributed by atoms with van der Waals surface area (Å²) in [7, 11) is -3.60. The zero-order chi connectivity index (χ0) is 13.9. The van der Waals surface area contributed by atoms with Crippen LogP contribution in [-0.4, -0.2) is 19.4 Å². The molecule has 1 aromatic rings. The van der Waals surface area contributed by atoms with Crippen LogP contribution in [0.5, 0.6) is 0 Å². The zero-order valence-corrected chi connectivity index (χ0v) is 12.8. The number of rotatable bonds is 5. The van der Waals surface area contributed by atoms with Crippen molar-refractivity contribution in [1.82, 2.24) is 9.71 Å². The molecule has 1 heterocycles. The molecule has 1 rings (SSSR count). The molecule has 0 aliphatic rings. The largest absolute Gasteiger partial charge is 0.242 e. The Morgan fingerprint density at radius 1 is 1.33 bits per heavy atom. The van der Waals surface area contributed by atoms with Gasteiger partial charge >= 0.3 is 0 Å². The predicted molar refractivity (Wildman–Crippen MR) is 73.5 cm³/mol. The molecule has 1 N–H and O–H groups in total. The lowest BCUT2D eigenvalue weighted by Crippen LogP contribution is -2.33. The summed E-state index contributed by atoms with van der Waals surface area (Å²) < 4.78 is 26.7. The summed E-state index contributed by atoms with van der Waals surface area (Å²) in [5.41, 5.74) is 0. The summed E-state index contributed by atoms with van der Waals surface area (Å²) in [6.45, 7) is 5.89. The Hall–Kier alpha value is -0.360. The Morgan fingerprint density at radius 2 is 1.94 bits per heavy atom. The molecule has 18 heavy (non-hydrogen) atoms. The highest BCUT2D eigenvalue weighted by molar-refractivity contribution is 7.89. The third-order valence-electron chi connectivity index (χ3n) is 2.26. The molecule has 1 atom stereocenters. The third-order valence-corrected chi connectivity index (χ3v) is 4.51. The van der Waals surface area contributed by atoms with Gasteiger partial charge in [-0.25, -0.2) is 18.1 Å². The summed E-state index contributed by atoms with van der Waals surface area (Å²) in [5.74, 6) is 0.412. The lowest BCUT2D eigenvalue weighted by atomic mass is 10.1. The summed E-state index contributed by atoms with van der Waals surface area (Å²) in [4.78, 5) is 3.75. The van der Waals surface area contributed by atoms with Gasteiger partial charge in [-0.15, -0.1) is 0 Å². The number of aromatic nitrogens is 1. The van der Waals surface area contributed by atoms with Gasteiger partial charge in [0.1, 0.15) is 10.0 Å². The molecule has 0 fully saturated rings. The van der Waals surface area contributed by atoms with Crippen LogP contribution in [0.4, 0.5) is 0 Å².